The summed E-state index contributed by atoms with van der Waals surface area (Å²) in [5.41, 5.74) is 5.80. The smallest absolute Gasteiger partial charge is 0.136 e. The molecule has 3 nitrogen and oxygen atoms in total. The molecular weight excluding hydrogens is 548 g/mol. The van der Waals surface area contributed by atoms with E-state index >= 15 is 0 Å². The zero-order valence-corrected chi connectivity index (χ0v) is 23.8. The standard InChI is InChI=1S/C42H26N2O/c1-5-18-36-31(13-1)32-14-2-6-19-37(32)44(36)29-23-24-39-35(26-29)33-15-3-7-20-38(33)43(39)28-12-9-11-27(25-28)30-17-10-22-41-42(30)34-16-4-8-21-40(34)45-41/h1-26H/i3D,7D,15D,20D,23D,24D,26D. The molecule has 0 N–H and O–H groups in total. The average molecular weight is 582 g/mol. The number of hydrogen-bond donors (Lipinski definition) is 0. The maximum absolute atomic E-state index is 9.78. The Labute approximate surface area is 268 Å². The van der Waals surface area contributed by atoms with Crippen LogP contribution in [0.5, 0.6) is 0 Å². The molecule has 10 rings (SSSR count). The number of aromatic nitrogens is 2. The van der Waals surface area contributed by atoms with E-state index in [2.05, 4.69) is 0 Å². The van der Waals surface area contributed by atoms with Crippen LogP contribution in [0.25, 0.3) is 88.1 Å². The van der Waals surface area contributed by atoms with Crippen LogP contribution in [0.3, 0.4) is 0 Å². The summed E-state index contributed by atoms with van der Waals surface area (Å²) in [7, 11) is 0. The van der Waals surface area contributed by atoms with Gasteiger partial charge in [-0.15, -0.1) is 0 Å². The molecule has 3 heterocycles. The van der Waals surface area contributed by atoms with Gasteiger partial charge in [0.25, 0.3) is 0 Å². The van der Waals surface area contributed by atoms with Gasteiger partial charge < -0.3 is 13.6 Å². The topological polar surface area (TPSA) is 23.0 Å². The van der Waals surface area contributed by atoms with Crippen LogP contribution in [0.1, 0.15) is 9.60 Å². The normalized spacial score (nSPS) is 14.2. The molecule has 3 aromatic heterocycles. The molecule has 0 atom stereocenters. The molecule has 0 bridgehead atoms. The van der Waals surface area contributed by atoms with E-state index < -0.39 is 12.1 Å². The molecule has 0 aliphatic heterocycles. The molecule has 7 aromatic carbocycles. The molecule has 0 saturated heterocycles. The number of hydrogen-bond acceptors (Lipinski definition) is 1. The second-order valence-electron chi connectivity index (χ2n) is 11.2. The summed E-state index contributed by atoms with van der Waals surface area (Å²) in [6, 6.07) is 34.9. The fourth-order valence-electron chi connectivity index (χ4n) is 6.87. The van der Waals surface area contributed by atoms with Crippen LogP contribution in [0.4, 0.5) is 0 Å². The Morgan fingerprint density at radius 3 is 1.98 bits per heavy atom. The predicted octanol–water partition coefficient (Wildman–Crippen LogP) is 11.4. The summed E-state index contributed by atoms with van der Waals surface area (Å²) in [5.74, 6) is 0. The number of rotatable bonds is 3. The molecule has 210 valence electrons. The minimum Gasteiger partial charge on any atom is -0.456 e. The zero-order chi connectivity index (χ0) is 35.6. The van der Waals surface area contributed by atoms with Gasteiger partial charge in [0.15, 0.2) is 0 Å². The van der Waals surface area contributed by atoms with Gasteiger partial charge in [-0.2, -0.15) is 0 Å². The van der Waals surface area contributed by atoms with Crippen LogP contribution >= 0.6 is 0 Å². The van der Waals surface area contributed by atoms with Crippen LogP contribution in [-0.2, 0) is 0 Å². The lowest BCUT2D eigenvalue weighted by Crippen LogP contribution is -1.96. The second-order valence-corrected chi connectivity index (χ2v) is 11.2. The molecule has 0 spiro atoms. The van der Waals surface area contributed by atoms with Gasteiger partial charge in [-0.1, -0.05) is 97.0 Å². The van der Waals surface area contributed by atoms with Crippen molar-refractivity contribution < 1.29 is 14.0 Å². The SMILES string of the molecule is [2H]c1c([2H])c([2H])c2c(c1[2H])c1c([2H])c(-n3c4ccccc4c4ccccc43)c([2H])c([2H])c1n2-c1cccc(-c2cccc3oc4ccccc4c23)c1. The molecule has 0 unspecified atom stereocenters. The molecule has 0 saturated carbocycles. The second kappa shape index (κ2) is 9.22. The lowest BCUT2D eigenvalue weighted by atomic mass is 9.99. The van der Waals surface area contributed by atoms with Crippen molar-refractivity contribution in [2.75, 3.05) is 0 Å². The minimum absolute atomic E-state index is 0.0953. The van der Waals surface area contributed by atoms with Gasteiger partial charge in [0.2, 0.25) is 0 Å². The first-order chi connectivity index (χ1) is 25.3. The Morgan fingerprint density at radius 1 is 0.467 bits per heavy atom. The van der Waals surface area contributed by atoms with E-state index in [9.17, 15) is 4.11 Å². The zero-order valence-electron chi connectivity index (χ0n) is 30.8. The first-order valence-electron chi connectivity index (χ1n) is 18.3. The van der Waals surface area contributed by atoms with E-state index in [1.807, 2.05) is 120 Å². The summed E-state index contributed by atoms with van der Waals surface area (Å²) >= 11 is 0. The van der Waals surface area contributed by atoms with Gasteiger partial charge in [0, 0.05) is 43.7 Å². The average Bonchev–Trinajstić information content (AvgIpc) is 3.84. The third-order valence-electron chi connectivity index (χ3n) is 8.77. The molecule has 3 heteroatoms. The Morgan fingerprint density at radius 2 is 1.13 bits per heavy atom. The largest absolute Gasteiger partial charge is 0.456 e. The molecule has 0 aliphatic rings. The van der Waals surface area contributed by atoms with Gasteiger partial charge in [0.05, 0.1) is 31.7 Å². The van der Waals surface area contributed by atoms with E-state index in [0.717, 1.165) is 54.9 Å². The first-order valence-corrected chi connectivity index (χ1v) is 14.8. The van der Waals surface area contributed by atoms with Gasteiger partial charge >= 0.3 is 0 Å². The molecule has 0 amide bonds. The van der Waals surface area contributed by atoms with Gasteiger partial charge in [-0.3, -0.25) is 0 Å². The van der Waals surface area contributed by atoms with E-state index in [-0.39, 0.29) is 57.7 Å². The maximum atomic E-state index is 9.78. The third-order valence-corrected chi connectivity index (χ3v) is 8.77. The molecule has 0 radical (unpaired) electrons. The van der Waals surface area contributed by atoms with Crippen molar-refractivity contribution >= 4 is 65.6 Å². The van der Waals surface area contributed by atoms with E-state index in [4.69, 9.17) is 9.90 Å². The molecular formula is C42H26N2O. The van der Waals surface area contributed by atoms with Crippen molar-refractivity contribution in [3.63, 3.8) is 0 Å². The highest BCUT2D eigenvalue weighted by Crippen LogP contribution is 2.40. The molecule has 0 fully saturated rings. The highest BCUT2D eigenvalue weighted by molar-refractivity contribution is 6.14. The summed E-state index contributed by atoms with van der Waals surface area (Å²) in [4.78, 5) is 0. The van der Waals surface area contributed by atoms with Crippen LogP contribution in [0.15, 0.2) is 162 Å². The maximum Gasteiger partial charge on any atom is 0.136 e. The summed E-state index contributed by atoms with van der Waals surface area (Å²) in [6.45, 7) is 0. The lowest BCUT2D eigenvalue weighted by molar-refractivity contribution is 0.669. The quantitative estimate of drug-likeness (QED) is 0.203. The monoisotopic (exact) mass is 581 g/mol. The van der Waals surface area contributed by atoms with Crippen LogP contribution in [-0.4, -0.2) is 9.13 Å². The molecule has 0 aliphatic carbocycles. The number of para-hydroxylation sites is 4. The summed E-state index contributed by atoms with van der Waals surface area (Å²) in [6.07, 6.45) is 0. The van der Waals surface area contributed by atoms with Crippen molar-refractivity contribution in [1.82, 2.24) is 9.13 Å². The van der Waals surface area contributed by atoms with Crippen molar-refractivity contribution in [1.29, 1.82) is 0 Å². The summed E-state index contributed by atoms with van der Waals surface area (Å²) < 4.78 is 74.0. The summed E-state index contributed by atoms with van der Waals surface area (Å²) in [5, 5.41) is 4.10. The first kappa shape index (κ1) is 18.6. The van der Waals surface area contributed by atoms with Crippen LogP contribution < -0.4 is 0 Å². The third kappa shape index (κ3) is 3.46. The number of furan rings is 1. The minimum atomic E-state index is -0.428. The Balaban J connectivity index is 1.34. The van der Waals surface area contributed by atoms with Crippen LogP contribution in [0.2, 0.25) is 0 Å². The van der Waals surface area contributed by atoms with Gasteiger partial charge in [0.1, 0.15) is 11.2 Å². The molecule has 45 heavy (non-hydrogen) atoms. The molecule has 10 aromatic rings. The highest BCUT2D eigenvalue weighted by Gasteiger charge is 2.17. The van der Waals surface area contributed by atoms with Crippen molar-refractivity contribution in [2.45, 2.75) is 0 Å². The fourth-order valence-corrected chi connectivity index (χ4v) is 6.87. The van der Waals surface area contributed by atoms with Gasteiger partial charge in [-0.25, -0.2) is 0 Å². The van der Waals surface area contributed by atoms with E-state index in [0.29, 0.717) is 5.69 Å². The Bertz CT molecular complexity index is 3120. The lowest BCUT2D eigenvalue weighted by Gasteiger charge is -2.12. The number of nitrogens with zero attached hydrogens (tertiary/aromatic N) is 2. The van der Waals surface area contributed by atoms with Crippen molar-refractivity contribution in [2.24, 2.45) is 0 Å². The Hall–Kier alpha value is -6.06. The van der Waals surface area contributed by atoms with Crippen molar-refractivity contribution in [3.05, 3.63) is 158 Å². The predicted molar refractivity (Wildman–Crippen MR) is 188 cm³/mol. The number of benzene rings is 7. The number of fused-ring (bicyclic) bond motifs is 9. The van der Waals surface area contributed by atoms with Crippen LogP contribution in [0, 0.1) is 0 Å². The van der Waals surface area contributed by atoms with E-state index in [1.165, 1.54) is 0 Å². The van der Waals surface area contributed by atoms with E-state index in [1.54, 1.807) is 4.57 Å². The fraction of sp³-hybridized carbons (Fsp3) is 0. The Kier molecular flexibility index (Phi) is 3.80. The van der Waals surface area contributed by atoms with Crippen molar-refractivity contribution in [3.8, 4) is 22.5 Å². The van der Waals surface area contributed by atoms with Gasteiger partial charge in [-0.05, 0) is 71.7 Å². The highest BCUT2D eigenvalue weighted by atomic mass is 16.3.